The number of rotatable bonds is 3. The van der Waals surface area contributed by atoms with E-state index in [1.165, 1.54) is 0 Å². The van der Waals surface area contributed by atoms with Crippen molar-refractivity contribution in [3.8, 4) is 0 Å². The number of benzene rings is 1. The number of nitrogens with zero attached hydrogens (tertiary/aromatic N) is 1. The molecule has 1 unspecified atom stereocenters. The van der Waals surface area contributed by atoms with Crippen molar-refractivity contribution in [1.29, 1.82) is 0 Å². The molecule has 0 spiro atoms. The maximum Gasteiger partial charge on any atom is 0.285 e. The molecule has 5 heteroatoms. The average Bonchev–Trinajstić information content (AvgIpc) is 2.71. The first kappa shape index (κ1) is 11.6. The van der Waals surface area contributed by atoms with Crippen LogP contribution in [0.2, 0.25) is 0 Å². The maximum absolute atomic E-state index is 11.4. The summed E-state index contributed by atoms with van der Waals surface area (Å²) in [6.07, 6.45) is 1.97. The molecule has 1 heterocycles. The van der Waals surface area contributed by atoms with E-state index in [-0.39, 0.29) is 0 Å². The Morgan fingerprint density at radius 1 is 1.12 bits per heavy atom. The molecule has 1 N–H and O–H groups in total. The lowest BCUT2D eigenvalue weighted by Crippen LogP contribution is -2.31. The zero-order valence-corrected chi connectivity index (χ0v) is 9.73. The smallest absolute Gasteiger partial charge is 0.284 e. The SMILES string of the molecule is O=S(=O)(O)C(c1ccccc1)N1CCCC1. The molecule has 0 aromatic heterocycles. The first-order chi connectivity index (χ1) is 7.59. The van der Waals surface area contributed by atoms with Crippen LogP contribution in [-0.2, 0) is 10.1 Å². The third-order valence-electron chi connectivity index (χ3n) is 2.84. The van der Waals surface area contributed by atoms with E-state index in [1.807, 2.05) is 11.0 Å². The second-order valence-corrected chi connectivity index (χ2v) is 5.50. The van der Waals surface area contributed by atoms with Crippen molar-refractivity contribution in [1.82, 2.24) is 4.90 Å². The molecule has 88 valence electrons. The third kappa shape index (κ3) is 2.42. The van der Waals surface area contributed by atoms with Crippen molar-refractivity contribution in [3.05, 3.63) is 35.9 Å². The predicted molar refractivity (Wildman–Crippen MR) is 61.5 cm³/mol. The van der Waals surface area contributed by atoms with Crippen molar-refractivity contribution in [2.75, 3.05) is 13.1 Å². The van der Waals surface area contributed by atoms with Gasteiger partial charge in [0.25, 0.3) is 10.1 Å². The van der Waals surface area contributed by atoms with Gasteiger partial charge in [-0.15, -0.1) is 0 Å². The molecule has 0 aliphatic carbocycles. The summed E-state index contributed by atoms with van der Waals surface area (Å²) in [5.74, 6) is 0. The van der Waals surface area contributed by atoms with Gasteiger partial charge in [-0.1, -0.05) is 30.3 Å². The molecule has 1 aromatic rings. The van der Waals surface area contributed by atoms with E-state index in [9.17, 15) is 13.0 Å². The Labute approximate surface area is 95.6 Å². The molecule has 0 saturated carbocycles. The highest BCUT2D eigenvalue weighted by Crippen LogP contribution is 2.28. The minimum atomic E-state index is -4.08. The second-order valence-electron chi connectivity index (χ2n) is 4.02. The molecule has 16 heavy (non-hydrogen) atoms. The van der Waals surface area contributed by atoms with Gasteiger partial charge in [-0.05, 0) is 31.5 Å². The summed E-state index contributed by atoms with van der Waals surface area (Å²) in [4.78, 5) is 1.81. The molecule has 1 aliphatic heterocycles. The third-order valence-corrected chi connectivity index (χ3v) is 3.97. The molecule has 4 nitrogen and oxygen atoms in total. The van der Waals surface area contributed by atoms with Gasteiger partial charge in [-0.2, -0.15) is 8.42 Å². The first-order valence-electron chi connectivity index (χ1n) is 5.34. The van der Waals surface area contributed by atoms with Crippen LogP contribution in [-0.4, -0.2) is 31.0 Å². The van der Waals surface area contributed by atoms with Crippen LogP contribution in [0.1, 0.15) is 23.8 Å². The van der Waals surface area contributed by atoms with Crippen molar-refractivity contribution in [3.63, 3.8) is 0 Å². The summed E-state index contributed by atoms with van der Waals surface area (Å²) >= 11 is 0. The van der Waals surface area contributed by atoms with Crippen LogP contribution in [0.15, 0.2) is 30.3 Å². The van der Waals surface area contributed by atoms with E-state index in [0.717, 1.165) is 25.9 Å². The van der Waals surface area contributed by atoms with Crippen molar-refractivity contribution in [2.45, 2.75) is 18.2 Å². The van der Waals surface area contributed by atoms with Gasteiger partial charge in [-0.25, -0.2) is 0 Å². The molecule has 1 aromatic carbocycles. The van der Waals surface area contributed by atoms with Crippen molar-refractivity contribution in [2.24, 2.45) is 0 Å². The van der Waals surface area contributed by atoms with E-state index in [4.69, 9.17) is 0 Å². The van der Waals surface area contributed by atoms with Crippen LogP contribution >= 0.6 is 0 Å². The molecule has 0 radical (unpaired) electrons. The Bertz CT molecular complexity index is 438. The van der Waals surface area contributed by atoms with E-state index in [1.54, 1.807) is 24.3 Å². The van der Waals surface area contributed by atoms with Crippen LogP contribution in [0.3, 0.4) is 0 Å². The van der Waals surface area contributed by atoms with Crippen LogP contribution in [0, 0.1) is 0 Å². The second kappa shape index (κ2) is 4.53. The van der Waals surface area contributed by atoms with E-state index >= 15 is 0 Å². The molecular weight excluding hydrogens is 226 g/mol. The quantitative estimate of drug-likeness (QED) is 0.818. The molecule has 1 saturated heterocycles. The van der Waals surface area contributed by atoms with Gasteiger partial charge >= 0.3 is 0 Å². The lowest BCUT2D eigenvalue weighted by atomic mass is 10.2. The number of hydrogen-bond acceptors (Lipinski definition) is 3. The lowest BCUT2D eigenvalue weighted by molar-refractivity contribution is 0.291. The fourth-order valence-electron chi connectivity index (χ4n) is 2.16. The molecule has 0 bridgehead atoms. The predicted octanol–water partition coefficient (Wildman–Crippen LogP) is 1.67. The van der Waals surface area contributed by atoms with Gasteiger partial charge in [0.1, 0.15) is 0 Å². The van der Waals surface area contributed by atoms with Gasteiger partial charge in [0.05, 0.1) is 0 Å². The zero-order chi connectivity index (χ0) is 11.6. The van der Waals surface area contributed by atoms with Crippen LogP contribution < -0.4 is 0 Å². The van der Waals surface area contributed by atoms with Gasteiger partial charge in [0.15, 0.2) is 5.37 Å². The highest BCUT2D eigenvalue weighted by Gasteiger charge is 2.32. The summed E-state index contributed by atoms with van der Waals surface area (Å²) in [6.45, 7) is 1.44. The summed E-state index contributed by atoms with van der Waals surface area (Å²) in [5.41, 5.74) is 0.631. The monoisotopic (exact) mass is 241 g/mol. The maximum atomic E-state index is 11.4. The molecule has 1 atom stereocenters. The van der Waals surface area contributed by atoms with E-state index in [2.05, 4.69) is 0 Å². The molecule has 1 fully saturated rings. The van der Waals surface area contributed by atoms with Gasteiger partial charge in [0.2, 0.25) is 0 Å². The summed E-state index contributed by atoms with van der Waals surface area (Å²) in [5, 5.41) is -0.906. The highest BCUT2D eigenvalue weighted by molar-refractivity contribution is 7.86. The Kier molecular flexibility index (Phi) is 3.28. The van der Waals surface area contributed by atoms with Crippen LogP contribution in [0.4, 0.5) is 0 Å². The molecule has 1 aliphatic rings. The van der Waals surface area contributed by atoms with E-state index < -0.39 is 15.5 Å². The number of hydrogen-bond donors (Lipinski definition) is 1. The Hall–Kier alpha value is -0.910. The largest absolute Gasteiger partial charge is 0.285 e. The van der Waals surface area contributed by atoms with Gasteiger partial charge < -0.3 is 0 Å². The fourth-order valence-corrected chi connectivity index (χ4v) is 3.25. The molecule has 2 rings (SSSR count). The first-order valence-corrected chi connectivity index (χ1v) is 6.84. The minimum absolute atomic E-state index is 0.631. The van der Waals surface area contributed by atoms with Crippen molar-refractivity contribution >= 4 is 10.1 Å². The lowest BCUT2D eigenvalue weighted by Gasteiger charge is -2.24. The van der Waals surface area contributed by atoms with E-state index in [0.29, 0.717) is 5.56 Å². The molecule has 0 amide bonds. The average molecular weight is 241 g/mol. The van der Waals surface area contributed by atoms with Gasteiger partial charge in [0, 0.05) is 0 Å². The highest BCUT2D eigenvalue weighted by atomic mass is 32.2. The Morgan fingerprint density at radius 3 is 2.19 bits per heavy atom. The standard InChI is InChI=1S/C11H15NO3S/c13-16(14,15)11(12-8-4-5-9-12)10-6-2-1-3-7-10/h1-3,6-7,11H,4-5,8-9H2,(H,13,14,15). The van der Waals surface area contributed by atoms with Crippen molar-refractivity contribution < 1.29 is 13.0 Å². The summed E-state index contributed by atoms with van der Waals surface area (Å²) < 4.78 is 32.2. The normalized spacial score (nSPS) is 19.8. The van der Waals surface area contributed by atoms with Crippen LogP contribution in [0.25, 0.3) is 0 Å². The van der Waals surface area contributed by atoms with Crippen LogP contribution in [0.5, 0.6) is 0 Å². The Balaban J connectivity index is 2.35. The summed E-state index contributed by atoms with van der Waals surface area (Å²) in [6, 6.07) is 8.86. The molecular formula is C11H15NO3S. The summed E-state index contributed by atoms with van der Waals surface area (Å²) in [7, 11) is -4.08. The minimum Gasteiger partial charge on any atom is -0.284 e. The fraction of sp³-hybridized carbons (Fsp3) is 0.455. The number of likely N-dealkylation sites (tertiary alicyclic amines) is 1. The Morgan fingerprint density at radius 2 is 1.69 bits per heavy atom. The topological polar surface area (TPSA) is 57.6 Å². The van der Waals surface area contributed by atoms with Gasteiger partial charge in [-0.3, -0.25) is 9.45 Å². The zero-order valence-electron chi connectivity index (χ0n) is 8.91.